The third kappa shape index (κ3) is 1.66. The van der Waals surface area contributed by atoms with Crippen molar-refractivity contribution >= 4 is 0 Å². The Hall–Kier alpha value is -1.26. The van der Waals surface area contributed by atoms with Crippen molar-refractivity contribution in [2.45, 2.75) is 6.08 Å². The van der Waals surface area contributed by atoms with E-state index in [9.17, 15) is 5.11 Å². The number of aliphatic hydroxyl groups is 1. The number of nitrogens with two attached hydrogens (primary N) is 1. The quantitative estimate of drug-likeness (QED) is 0.488. The first-order chi connectivity index (χ1) is 8.19. The van der Waals surface area contributed by atoms with Gasteiger partial charge in [-0.1, -0.05) is 6.07 Å². The molecule has 0 amide bonds. The van der Waals surface area contributed by atoms with Gasteiger partial charge in [-0.25, -0.2) is 0 Å². The van der Waals surface area contributed by atoms with Crippen LogP contribution in [0.3, 0.4) is 0 Å². The van der Waals surface area contributed by atoms with Gasteiger partial charge in [0, 0.05) is 9.24 Å². The lowest BCUT2D eigenvalue weighted by Crippen LogP contribution is -2.11. The van der Waals surface area contributed by atoms with E-state index in [2.05, 4.69) is 10.2 Å². The van der Waals surface area contributed by atoms with Gasteiger partial charge < -0.3 is 21.1 Å². The lowest BCUT2D eigenvalue weighted by molar-refractivity contribution is 0.186. The number of aromatic hydroxyl groups is 2. The van der Waals surface area contributed by atoms with Gasteiger partial charge in [0.2, 0.25) is 1.43 Å². The van der Waals surface area contributed by atoms with E-state index in [-0.39, 0.29) is 0 Å². The summed E-state index contributed by atoms with van der Waals surface area (Å²) in [6, 6.07) is 1.35. The van der Waals surface area contributed by atoms with Gasteiger partial charge in [0.15, 0.2) is 11.5 Å². The van der Waals surface area contributed by atoms with Crippen LogP contribution < -0.4 is 5.73 Å². The summed E-state index contributed by atoms with van der Waals surface area (Å²) >= 11 is 0. The third-order valence-corrected chi connectivity index (χ3v) is 1.26. The van der Waals surface area contributed by atoms with Crippen LogP contribution in [0.25, 0.3) is 0 Å². The first-order valence-corrected chi connectivity index (χ1v) is 3.08. The molecule has 1 aromatic carbocycles. The van der Waals surface area contributed by atoms with Gasteiger partial charge in [0.05, 0.1) is 8.82 Å². The Morgan fingerprint density at radius 3 is 3.17 bits per heavy atom. The smallest absolute Gasteiger partial charge is 0.293 e. The zero-order valence-corrected chi connectivity index (χ0v) is 6.00. The molecule has 0 bridgehead atoms. The van der Waals surface area contributed by atoms with Crippen LogP contribution in [0.5, 0.6) is 11.5 Å². The summed E-state index contributed by atoms with van der Waals surface area (Å²) in [6.07, 6.45) is -2.69. The van der Waals surface area contributed by atoms with E-state index >= 15 is 0 Å². The highest BCUT2D eigenvalue weighted by atomic mass is 16.3. The molecule has 0 saturated carbocycles. The fraction of sp³-hybridized carbons (Fsp3) is 0.250. The second kappa shape index (κ2) is 3.42. The van der Waals surface area contributed by atoms with Crippen LogP contribution >= 0.6 is 0 Å². The van der Waals surface area contributed by atoms with E-state index in [4.69, 9.17) is 14.1 Å². The maximum atomic E-state index is 9.32. The molecule has 0 aliphatic carbocycles. The summed E-state index contributed by atoms with van der Waals surface area (Å²) in [4.78, 5) is 0. The maximum Gasteiger partial charge on any atom is 0.293 e. The molecule has 1 rings (SSSR count). The fourth-order valence-corrected chi connectivity index (χ4v) is 0.676. The Kier molecular flexibility index (Phi) is 1.04. The number of benzene rings is 1. The molecule has 1 atom stereocenters. The Bertz CT molecular complexity index is 451. The standard InChI is InChI=1S/C8H11NO3/c9-4-8(12)5-1-2-6(10)7(11)3-5/h1-3,8,10-12H,4,9H2/i3D,4D2,8D,12D/hD. The van der Waals surface area contributed by atoms with Gasteiger partial charge in [0.25, 0.3) is 1.43 Å². The Morgan fingerprint density at radius 1 is 1.75 bits per heavy atom. The van der Waals surface area contributed by atoms with Crippen molar-refractivity contribution in [3.63, 3.8) is 0 Å². The predicted octanol–water partition coefficient (Wildman–Crippen LogP) is 0.0899. The lowest BCUT2D eigenvalue weighted by Gasteiger charge is -2.08. The number of rotatable bonds is 4. The largest absolute Gasteiger partial charge is 0.504 e. The van der Waals surface area contributed by atoms with Crippen molar-refractivity contribution in [1.82, 2.24) is 0 Å². The topological polar surface area (TPSA) is 86.7 Å². The van der Waals surface area contributed by atoms with Crippen LogP contribution in [0.2, 0.25) is 0 Å². The Morgan fingerprint density at radius 2 is 2.58 bits per heavy atom. The van der Waals surface area contributed by atoms with Crippen LogP contribution in [0.15, 0.2) is 18.2 Å². The van der Waals surface area contributed by atoms with Gasteiger partial charge in [-0.15, -0.1) is 0 Å². The van der Waals surface area contributed by atoms with Crippen molar-refractivity contribution in [3.05, 3.63) is 23.7 Å². The Balaban J connectivity index is 3.50. The van der Waals surface area contributed by atoms with Crippen LogP contribution in [0.4, 0.5) is 0 Å². The summed E-state index contributed by atoms with van der Waals surface area (Å²) in [5, 5.41) is 17.3. The first kappa shape index (κ1) is 3.64. The molecule has 66 valence electrons. The molecule has 12 heavy (non-hydrogen) atoms. The number of phenolic OH excluding ortho intramolecular Hbond substituents is 2. The summed E-state index contributed by atoms with van der Waals surface area (Å²) < 4.78 is 43.4. The molecule has 4 heteroatoms. The first-order valence-electron chi connectivity index (χ1n) is 5.90. The molecule has 0 fully saturated rings. The minimum absolute atomic E-state index is 0.440. The molecule has 1 unspecified atom stereocenters. The number of hydrogen-bond acceptors (Lipinski definition) is 4. The highest BCUT2D eigenvalue weighted by Crippen LogP contribution is 2.27. The SMILES string of the molecule is [2H]Oc1c(O)ccc(C([2H])(O[2H])C([2H])([2H])N)c1[2H]. The van der Waals surface area contributed by atoms with E-state index in [1.54, 1.807) is 0 Å². The fourth-order valence-electron chi connectivity index (χ4n) is 0.676. The van der Waals surface area contributed by atoms with Crippen molar-refractivity contribution in [1.29, 1.82) is 2.86 Å². The molecule has 0 aliphatic rings. The molecule has 0 radical (unpaired) electrons. The molecule has 0 spiro atoms. The van der Waals surface area contributed by atoms with Gasteiger partial charge >= 0.3 is 0 Å². The average Bonchev–Trinajstić information content (AvgIpc) is 2.27. The predicted molar refractivity (Wildman–Crippen MR) is 43.8 cm³/mol. The monoisotopic (exact) mass is 175 g/mol. The van der Waals surface area contributed by atoms with E-state index in [0.29, 0.717) is 0 Å². The summed E-state index contributed by atoms with van der Waals surface area (Å²) in [5.74, 6) is -1.10. The zero-order valence-electron chi connectivity index (χ0n) is 12.0. The molecule has 0 aromatic heterocycles. The van der Waals surface area contributed by atoms with Crippen molar-refractivity contribution in [2.24, 2.45) is 5.73 Å². The lowest BCUT2D eigenvalue weighted by atomic mass is 10.1. The molecule has 0 saturated heterocycles. The van der Waals surface area contributed by atoms with E-state index in [0.717, 1.165) is 12.1 Å². The van der Waals surface area contributed by atoms with Crippen molar-refractivity contribution < 1.29 is 20.8 Å². The molecular formula is C8H11NO3. The van der Waals surface area contributed by atoms with Crippen LogP contribution in [0, 0.1) is 0 Å². The van der Waals surface area contributed by atoms with Gasteiger partial charge in [-0.05, 0) is 17.7 Å². The normalized spacial score (nSPS) is 23.4. The van der Waals surface area contributed by atoms with Crippen LogP contribution in [-0.4, -0.2) is 24.7 Å². The van der Waals surface area contributed by atoms with E-state index < -0.39 is 35.7 Å². The molecular weight excluding hydrogens is 158 g/mol. The molecule has 0 aliphatic heterocycles. The third-order valence-electron chi connectivity index (χ3n) is 1.26. The second-order valence-corrected chi connectivity index (χ2v) is 2.06. The average molecular weight is 175 g/mol. The van der Waals surface area contributed by atoms with E-state index in [1.165, 1.54) is 0 Å². The Labute approximate surface area is 78.5 Å². The van der Waals surface area contributed by atoms with Crippen molar-refractivity contribution in [3.8, 4) is 11.5 Å². The van der Waals surface area contributed by atoms with Gasteiger partial charge in [-0.3, -0.25) is 0 Å². The molecule has 4 nitrogen and oxygen atoms in total. The summed E-state index contributed by atoms with van der Waals surface area (Å²) in [7, 11) is 0. The highest BCUT2D eigenvalue weighted by Gasteiger charge is 2.07. The van der Waals surface area contributed by atoms with Gasteiger partial charge in [-0.2, -0.15) is 0 Å². The van der Waals surface area contributed by atoms with E-state index in [1.807, 2.05) is 0 Å². The molecule has 1 aromatic rings. The van der Waals surface area contributed by atoms with Crippen molar-refractivity contribution in [2.75, 3.05) is 6.50 Å². The minimum atomic E-state index is -2.78. The van der Waals surface area contributed by atoms with Crippen LogP contribution in [0.1, 0.15) is 17.1 Å². The highest BCUT2D eigenvalue weighted by molar-refractivity contribution is 5.41. The molecule has 0 heterocycles. The summed E-state index contributed by atoms with van der Waals surface area (Å²) in [5.41, 5.74) is 4.68. The zero-order chi connectivity index (χ0) is 14.1. The van der Waals surface area contributed by atoms with Crippen LogP contribution in [-0.2, 0) is 0 Å². The van der Waals surface area contributed by atoms with Gasteiger partial charge in [0.1, 0.15) is 0 Å². The maximum absolute atomic E-state index is 9.32. The second-order valence-electron chi connectivity index (χ2n) is 2.06. The minimum Gasteiger partial charge on any atom is -0.504 e. The molecule has 5 N–H and O–H groups in total. The number of hydrogen-bond donors (Lipinski definition) is 4. The summed E-state index contributed by atoms with van der Waals surface area (Å²) in [6.45, 7) is -2.78. The number of phenols is 2.